The van der Waals surface area contributed by atoms with Crippen molar-refractivity contribution in [3.8, 4) is 11.5 Å². The molecule has 1 aliphatic heterocycles. The first-order valence-electron chi connectivity index (χ1n) is 9.67. The Bertz CT molecular complexity index is 1180. The van der Waals surface area contributed by atoms with Crippen LogP contribution in [0.2, 0.25) is 0 Å². The number of cyclic esters (lactones) is 1. The van der Waals surface area contributed by atoms with Gasteiger partial charge in [-0.05, 0) is 71.5 Å². The van der Waals surface area contributed by atoms with Gasteiger partial charge in [-0.1, -0.05) is 42.0 Å². The Morgan fingerprint density at radius 1 is 1.03 bits per heavy atom. The topological polar surface area (TPSA) is 57.1 Å². The van der Waals surface area contributed by atoms with E-state index in [-0.39, 0.29) is 5.70 Å². The average molecular weight is 525 g/mol. The van der Waals surface area contributed by atoms with Crippen LogP contribution in [0.3, 0.4) is 0 Å². The molecule has 0 unspecified atom stereocenters. The van der Waals surface area contributed by atoms with Crippen LogP contribution in [0.15, 0.2) is 77.4 Å². The molecular formula is C25H20INO4. The van der Waals surface area contributed by atoms with Crippen molar-refractivity contribution in [3.63, 3.8) is 0 Å². The van der Waals surface area contributed by atoms with E-state index in [2.05, 4.69) is 27.6 Å². The summed E-state index contributed by atoms with van der Waals surface area (Å²) >= 11 is 2.29. The molecule has 0 aliphatic carbocycles. The normalized spacial score (nSPS) is 14.4. The lowest BCUT2D eigenvalue weighted by Crippen LogP contribution is -2.05. The summed E-state index contributed by atoms with van der Waals surface area (Å²) in [5, 5.41) is 0. The second-order valence-electron chi connectivity index (χ2n) is 6.99. The molecule has 1 heterocycles. The Balaban J connectivity index is 1.54. The quantitative estimate of drug-likeness (QED) is 0.241. The van der Waals surface area contributed by atoms with E-state index in [9.17, 15) is 4.79 Å². The van der Waals surface area contributed by atoms with E-state index in [0.717, 1.165) is 25.8 Å². The fourth-order valence-electron chi connectivity index (χ4n) is 3.05. The van der Waals surface area contributed by atoms with Crippen LogP contribution in [0.5, 0.6) is 11.5 Å². The Labute approximate surface area is 194 Å². The molecule has 31 heavy (non-hydrogen) atoms. The molecule has 0 fully saturated rings. The van der Waals surface area contributed by atoms with Crippen molar-refractivity contribution in [1.82, 2.24) is 0 Å². The highest BCUT2D eigenvalue weighted by Crippen LogP contribution is 2.31. The number of aliphatic imine (C=N–C) groups is 1. The van der Waals surface area contributed by atoms with Crippen molar-refractivity contribution < 1.29 is 19.0 Å². The molecule has 0 N–H and O–H groups in total. The number of carbonyl (C=O) groups excluding carboxylic acids is 1. The van der Waals surface area contributed by atoms with Gasteiger partial charge in [-0.15, -0.1) is 0 Å². The van der Waals surface area contributed by atoms with Gasteiger partial charge in [0.2, 0.25) is 5.90 Å². The maximum atomic E-state index is 12.3. The molecule has 0 saturated heterocycles. The van der Waals surface area contributed by atoms with Gasteiger partial charge in [0.15, 0.2) is 17.2 Å². The zero-order valence-electron chi connectivity index (χ0n) is 17.1. The summed E-state index contributed by atoms with van der Waals surface area (Å²) in [6.07, 6.45) is 1.68. The molecular weight excluding hydrogens is 505 g/mol. The highest BCUT2D eigenvalue weighted by Gasteiger charge is 2.24. The molecule has 5 nitrogen and oxygen atoms in total. The van der Waals surface area contributed by atoms with Crippen LogP contribution in [-0.4, -0.2) is 19.0 Å². The zero-order valence-corrected chi connectivity index (χ0v) is 19.3. The van der Waals surface area contributed by atoms with Gasteiger partial charge in [-0.25, -0.2) is 9.79 Å². The van der Waals surface area contributed by atoms with E-state index in [0.29, 0.717) is 24.0 Å². The Morgan fingerprint density at radius 3 is 2.55 bits per heavy atom. The van der Waals surface area contributed by atoms with Crippen molar-refractivity contribution in [2.45, 2.75) is 13.5 Å². The first-order chi connectivity index (χ1) is 15.0. The van der Waals surface area contributed by atoms with E-state index < -0.39 is 5.97 Å². The summed E-state index contributed by atoms with van der Waals surface area (Å²) in [6, 6.07) is 21.2. The number of rotatable bonds is 6. The molecule has 3 aromatic rings. The summed E-state index contributed by atoms with van der Waals surface area (Å²) in [4.78, 5) is 16.6. The number of esters is 1. The number of hydrogen-bond acceptors (Lipinski definition) is 5. The van der Waals surface area contributed by atoms with E-state index in [1.54, 1.807) is 13.2 Å². The molecule has 3 aromatic carbocycles. The lowest BCUT2D eigenvalue weighted by Gasteiger charge is -2.12. The highest BCUT2D eigenvalue weighted by atomic mass is 127. The van der Waals surface area contributed by atoms with Crippen LogP contribution in [0.1, 0.15) is 22.3 Å². The van der Waals surface area contributed by atoms with Crippen LogP contribution < -0.4 is 9.47 Å². The summed E-state index contributed by atoms with van der Waals surface area (Å²) < 4.78 is 17.9. The van der Waals surface area contributed by atoms with E-state index in [1.165, 1.54) is 0 Å². The first kappa shape index (κ1) is 21.1. The fourth-order valence-corrected chi connectivity index (χ4v) is 3.59. The third-order valence-electron chi connectivity index (χ3n) is 4.75. The standard InChI is InChI=1S/C25H20INO4/c1-16-7-10-18(11-8-16)24-27-21(25(28)31-24)13-17-9-12-22(23(14-17)29-2)30-15-19-5-3-4-6-20(19)26/h3-14H,15H2,1-2H3/b21-13-. The largest absolute Gasteiger partial charge is 0.493 e. The van der Waals surface area contributed by atoms with Gasteiger partial charge >= 0.3 is 5.97 Å². The van der Waals surface area contributed by atoms with Gasteiger partial charge in [0.05, 0.1) is 7.11 Å². The fraction of sp³-hybridized carbons (Fsp3) is 0.120. The zero-order chi connectivity index (χ0) is 21.8. The number of benzene rings is 3. The average Bonchev–Trinajstić information content (AvgIpc) is 3.14. The van der Waals surface area contributed by atoms with Crippen LogP contribution >= 0.6 is 22.6 Å². The third-order valence-corrected chi connectivity index (χ3v) is 5.80. The maximum absolute atomic E-state index is 12.3. The highest BCUT2D eigenvalue weighted by molar-refractivity contribution is 14.1. The number of halogens is 1. The molecule has 0 aromatic heterocycles. The molecule has 1 aliphatic rings. The Morgan fingerprint density at radius 2 is 1.81 bits per heavy atom. The van der Waals surface area contributed by atoms with Gasteiger partial charge in [0.25, 0.3) is 0 Å². The van der Waals surface area contributed by atoms with Crippen molar-refractivity contribution in [2.75, 3.05) is 7.11 Å². The molecule has 0 atom stereocenters. The summed E-state index contributed by atoms with van der Waals surface area (Å²) in [7, 11) is 1.59. The maximum Gasteiger partial charge on any atom is 0.363 e. The van der Waals surface area contributed by atoms with Gasteiger partial charge < -0.3 is 14.2 Å². The first-order valence-corrected chi connectivity index (χ1v) is 10.8. The number of ether oxygens (including phenoxy) is 3. The second-order valence-corrected chi connectivity index (χ2v) is 8.15. The molecule has 0 saturated carbocycles. The lowest BCUT2D eigenvalue weighted by molar-refractivity contribution is -0.129. The second kappa shape index (κ2) is 9.34. The van der Waals surface area contributed by atoms with Gasteiger partial charge in [0.1, 0.15) is 6.61 Å². The van der Waals surface area contributed by atoms with Crippen LogP contribution in [-0.2, 0) is 16.1 Å². The minimum Gasteiger partial charge on any atom is -0.493 e. The molecule has 0 spiro atoms. The van der Waals surface area contributed by atoms with Crippen molar-refractivity contribution in [2.24, 2.45) is 4.99 Å². The monoisotopic (exact) mass is 525 g/mol. The Hall–Kier alpha value is -3.13. The molecule has 4 rings (SSSR count). The van der Waals surface area contributed by atoms with Crippen molar-refractivity contribution in [1.29, 1.82) is 0 Å². The number of nitrogens with zero attached hydrogens (tertiary/aromatic N) is 1. The molecule has 6 heteroatoms. The summed E-state index contributed by atoms with van der Waals surface area (Å²) in [6.45, 7) is 2.44. The SMILES string of the molecule is COc1cc(/C=C2\N=C(c3ccc(C)cc3)OC2=O)ccc1OCc1ccccc1I. The molecule has 0 amide bonds. The lowest BCUT2D eigenvalue weighted by atomic mass is 10.1. The van der Waals surface area contributed by atoms with Gasteiger partial charge in [0, 0.05) is 14.7 Å². The number of methoxy groups -OCH3 is 1. The molecule has 0 bridgehead atoms. The predicted octanol–water partition coefficient (Wildman–Crippen LogP) is 5.53. The smallest absolute Gasteiger partial charge is 0.363 e. The minimum absolute atomic E-state index is 0.241. The summed E-state index contributed by atoms with van der Waals surface area (Å²) in [5.74, 6) is 1.03. The van der Waals surface area contributed by atoms with E-state index >= 15 is 0 Å². The van der Waals surface area contributed by atoms with Gasteiger partial charge in [-0.2, -0.15) is 0 Å². The number of aryl methyl sites for hydroxylation is 1. The van der Waals surface area contributed by atoms with Crippen LogP contribution in [0, 0.1) is 10.5 Å². The van der Waals surface area contributed by atoms with E-state index in [4.69, 9.17) is 14.2 Å². The van der Waals surface area contributed by atoms with Gasteiger partial charge in [-0.3, -0.25) is 0 Å². The van der Waals surface area contributed by atoms with Crippen molar-refractivity contribution in [3.05, 3.63) is 98.3 Å². The van der Waals surface area contributed by atoms with Crippen LogP contribution in [0.4, 0.5) is 0 Å². The van der Waals surface area contributed by atoms with E-state index in [1.807, 2.05) is 73.7 Å². The van der Waals surface area contributed by atoms with Crippen LogP contribution in [0.25, 0.3) is 6.08 Å². The third kappa shape index (κ3) is 4.96. The molecule has 156 valence electrons. The van der Waals surface area contributed by atoms with Crippen molar-refractivity contribution >= 4 is 40.5 Å². The number of carbonyl (C=O) groups is 1. The minimum atomic E-state index is -0.478. The Kier molecular flexibility index (Phi) is 6.36. The number of hydrogen-bond donors (Lipinski definition) is 0. The summed E-state index contributed by atoms with van der Waals surface area (Å²) in [5.41, 5.74) is 3.99. The predicted molar refractivity (Wildman–Crippen MR) is 128 cm³/mol. The molecule has 0 radical (unpaired) electrons.